The monoisotopic (exact) mass is 818 g/mol. The van der Waals surface area contributed by atoms with Crippen LogP contribution in [0.4, 0.5) is 17.1 Å². The molecule has 5 atom stereocenters. The first-order valence-corrected chi connectivity index (χ1v) is 23.9. The van der Waals surface area contributed by atoms with Crippen LogP contribution in [-0.2, 0) is 37.7 Å². The van der Waals surface area contributed by atoms with E-state index in [-0.39, 0.29) is 42.3 Å². The van der Waals surface area contributed by atoms with Crippen molar-refractivity contribution < 1.29 is 29.0 Å². The Labute approximate surface area is 352 Å². The van der Waals surface area contributed by atoms with Gasteiger partial charge < -0.3 is 19.5 Å². The van der Waals surface area contributed by atoms with Crippen LogP contribution in [-0.4, -0.2) is 67.4 Å². The Bertz CT molecular complexity index is 2480. The van der Waals surface area contributed by atoms with Gasteiger partial charge in [0.2, 0.25) is 11.8 Å². The normalized spacial score (nSPS) is 23.8. The third-order valence-corrected chi connectivity index (χ3v) is 17.7. The van der Waals surface area contributed by atoms with Crippen LogP contribution in [0.15, 0.2) is 132 Å². The minimum absolute atomic E-state index is 0.0327. The maximum absolute atomic E-state index is 15.6. The molecule has 9 rings (SSSR count). The molecule has 306 valence electrons. The summed E-state index contributed by atoms with van der Waals surface area (Å²) in [5, 5.41) is 18.1. The molecule has 0 unspecified atom stereocenters. The highest BCUT2D eigenvalue weighted by Crippen LogP contribution is 2.61. The number of carbonyl (C=O) groups excluding carboxylic acids is 3. The van der Waals surface area contributed by atoms with Crippen LogP contribution in [0.5, 0.6) is 5.75 Å². The smallest absolute Gasteiger partial charge is 0.268 e. The van der Waals surface area contributed by atoms with Crippen molar-refractivity contribution in [3.8, 4) is 5.75 Å². The highest BCUT2D eigenvalue weighted by Gasteiger charge is 2.67. The van der Waals surface area contributed by atoms with Gasteiger partial charge in [-0.2, -0.15) is 5.10 Å². The molecule has 4 aliphatic rings. The van der Waals surface area contributed by atoms with Crippen LogP contribution in [0.3, 0.4) is 0 Å². The number of para-hydroxylation sites is 1. The number of carbonyl (C=O) groups is 3. The molecule has 1 saturated heterocycles. The average molecular weight is 819 g/mol. The summed E-state index contributed by atoms with van der Waals surface area (Å²) in [6, 6.07) is 40.9. The van der Waals surface area contributed by atoms with Crippen LogP contribution < -0.4 is 19.8 Å². The second-order valence-electron chi connectivity index (χ2n) is 17.0. The second kappa shape index (κ2) is 15.6. The summed E-state index contributed by atoms with van der Waals surface area (Å²) >= 11 is 0. The molecule has 0 aliphatic carbocycles. The van der Waals surface area contributed by atoms with Gasteiger partial charge in [0.05, 0.1) is 57.4 Å². The third-order valence-electron chi connectivity index (χ3n) is 13.4. The van der Waals surface area contributed by atoms with Gasteiger partial charge in [0.1, 0.15) is 5.75 Å². The van der Waals surface area contributed by atoms with Crippen molar-refractivity contribution >= 4 is 53.8 Å². The van der Waals surface area contributed by atoms with E-state index in [9.17, 15) is 14.7 Å². The van der Waals surface area contributed by atoms with Crippen molar-refractivity contribution in [2.45, 2.75) is 75.5 Å². The zero-order chi connectivity index (χ0) is 41.8. The number of anilines is 3. The number of nitrogens with zero attached hydrogens (tertiary/aromatic N) is 4. The first-order valence-electron chi connectivity index (χ1n) is 20.8. The topological polar surface area (TPSA) is 112 Å². The van der Waals surface area contributed by atoms with E-state index in [1.54, 1.807) is 16.9 Å². The number of hydrazone groups is 1. The molecule has 0 aromatic heterocycles. The number of fused-ring (bicyclic) bond motifs is 3. The lowest BCUT2D eigenvalue weighted by molar-refractivity contribution is -0.150. The summed E-state index contributed by atoms with van der Waals surface area (Å²) in [6.45, 7) is 6.91. The summed E-state index contributed by atoms with van der Waals surface area (Å²) in [4.78, 5) is 47.6. The largest absolute Gasteiger partial charge is 0.497 e. The summed E-state index contributed by atoms with van der Waals surface area (Å²) in [5.41, 5.74) is 4.81. The van der Waals surface area contributed by atoms with E-state index in [2.05, 4.69) is 38.2 Å². The summed E-state index contributed by atoms with van der Waals surface area (Å²) < 4.78 is 12.9. The summed E-state index contributed by atoms with van der Waals surface area (Å²) in [6.07, 6.45) is 0.761. The highest BCUT2D eigenvalue weighted by molar-refractivity contribution is 6.91. The number of aliphatic hydroxyl groups is 1. The van der Waals surface area contributed by atoms with Crippen LogP contribution >= 0.6 is 0 Å². The Hall–Kier alpha value is -5.88. The van der Waals surface area contributed by atoms with Crippen LogP contribution in [0.1, 0.15) is 48.4 Å². The van der Waals surface area contributed by atoms with Gasteiger partial charge in [-0.25, -0.2) is 5.01 Å². The van der Waals surface area contributed by atoms with Crippen molar-refractivity contribution in [3.63, 3.8) is 0 Å². The molecule has 0 bridgehead atoms. The number of benzene rings is 5. The zero-order valence-corrected chi connectivity index (χ0v) is 35.5. The van der Waals surface area contributed by atoms with E-state index in [4.69, 9.17) is 14.6 Å². The van der Waals surface area contributed by atoms with E-state index in [1.165, 1.54) is 5.01 Å². The number of rotatable bonds is 9. The molecule has 1 spiro atoms. The van der Waals surface area contributed by atoms with Gasteiger partial charge in [0.15, 0.2) is 5.60 Å². The van der Waals surface area contributed by atoms with E-state index >= 15 is 4.79 Å². The van der Waals surface area contributed by atoms with Crippen molar-refractivity contribution in [1.82, 2.24) is 4.90 Å². The summed E-state index contributed by atoms with van der Waals surface area (Å²) in [7, 11) is -0.966. The minimum atomic E-state index is -2.61. The lowest BCUT2D eigenvalue weighted by Crippen LogP contribution is -2.52. The molecule has 4 heterocycles. The fraction of sp³-hybridized carbons (Fsp3) is 0.306. The Balaban J connectivity index is 1.17. The van der Waals surface area contributed by atoms with Crippen LogP contribution in [0, 0.1) is 5.92 Å². The Morgan fingerprint density at radius 3 is 2.25 bits per heavy atom. The van der Waals surface area contributed by atoms with Gasteiger partial charge in [0, 0.05) is 36.6 Å². The lowest BCUT2D eigenvalue weighted by atomic mass is 9.82. The Kier molecular flexibility index (Phi) is 10.3. The zero-order valence-electron chi connectivity index (χ0n) is 34.5. The molecule has 5 aromatic carbocycles. The number of aliphatic hydroxyl groups excluding tert-OH is 1. The van der Waals surface area contributed by atoms with Crippen LogP contribution in [0.25, 0.3) is 0 Å². The van der Waals surface area contributed by atoms with Gasteiger partial charge in [-0.15, -0.1) is 0 Å². The maximum atomic E-state index is 15.6. The lowest BCUT2D eigenvalue weighted by Gasteiger charge is -2.39. The van der Waals surface area contributed by atoms with Crippen molar-refractivity contribution in [2.24, 2.45) is 11.0 Å². The first kappa shape index (κ1) is 39.6. The van der Waals surface area contributed by atoms with E-state index in [1.807, 2.05) is 109 Å². The Morgan fingerprint density at radius 1 is 0.867 bits per heavy atom. The molecule has 5 aromatic rings. The molecule has 1 N–H and O–H groups in total. The van der Waals surface area contributed by atoms with Gasteiger partial charge in [-0.05, 0) is 71.1 Å². The number of hydrogen-bond donors (Lipinski definition) is 1. The van der Waals surface area contributed by atoms with Gasteiger partial charge in [-0.1, -0.05) is 110 Å². The van der Waals surface area contributed by atoms with Gasteiger partial charge in [0.25, 0.3) is 5.91 Å². The SMILES string of the molecule is COc1ccc([Si](C)(C)[C@@H]2[C@@H](CC(=O)N3Cc4ccccc4C[C@H]3CO)O[C@]3(C(=O)N(c4ccccc4)c4ccc(N5N=C(c6ccccc6)CCC5=O)cc43)[C@H]2C)cc1. The predicted molar refractivity (Wildman–Crippen MR) is 235 cm³/mol. The molecule has 60 heavy (non-hydrogen) atoms. The fourth-order valence-electron chi connectivity index (χ4n) is 10.3. The van der Waals surface area contributed by atoms with E-state index in [0.717, 1.165) is 33.3 Å². The third kappa shape index (κ3) is 6.56. The molecule has 4 aliphatic heterocycles. The summed E-state index contributed by atoms with van der Waals surface area (Å²) in [5.74, 6) is -0.136. The molecule has 10 nitrogen and oxygen atoms in total. The van der Waals surface area contributed by atoms with Gasteiger partial charge >= 0.3 is 0 Å². The van der Waals surface area contributed by atoms with Crippen LogP contribution in [0.2, 0.25) is 18.6 Å². The standard InChI is InChI=1S/C49H50N4O6Si/c1-32-47(60(3,4)40-22-20-39(58-2)21-23-40)44(29-46(56)51-30-35-16-12-11-15-34(35)27-38(51)31-54)59-49(32)41-28-37(19-25-43(41)52(48(49)57)36-17-9-6-10-18-36)53-45(55)26-24-42(50-53)33-13-7-5-8-14-33/h5-23,25,28,32,38,44,47,54H,24,26-27,29-31H2,1-4H3/t32-,38-,44+,47-,49+/m0/s1. The molecule has 0 saturated carbocycles. The number of methoxy groups -OCH3 is 1. The maximum Gasteiger partial charge on any atom is 0.268 e. The highest BCUT2D eigenvalue weighted by atomic mass is 28.3. The Morgan fingerprint density at radius 2 is 1.55 bits per heavy atom. The van der Waals surface area contributed by atoms with E-state index in [0.29, 0.717) is 48.4 Å². The van der Waals surface area contributed by atoms with Crippen molar-refractivity contribution in [2.75, 3.05) is 23.6 Å². The number of hydrogen-bond acceptors (Lipinski definition) is 7. The molecular formula is C49H50N4O6Si. The average Bonchev–Trinajstić information content (AvgIpc) is 3.72. The first-order chi connectivity index (χ1) is 29.0. The quantitative estimate of drug-likeness (QED) is 0.155. The molecule has 3 amide bonds. The van der Waals surface area contributed by atoms with Crippen molar-refractivity contribution in [3.05, 3.63) is 150 Å². The van der Waals surface area contributed by atoms with Crippen molar-refractivity contribution in [1.29, 1.82) is 0 Å². The second-order valence-corrected chi connectivity index (χ2v) is 21.7. The number of ether oxygens (including phenoxy) is 2. The number of amides is 3. The van der Waals surface area contributed by atoms with Gasteiger partial charge in [-0.3, -0.25) is 19.3 Å². The fourth-order valence-corrected chi connectivity index (χ4v) is 14.3. The molecular weight excluding hydrogens is 769 g/mol. The molecule has 0 radical (unpaired) electrons. The molecule has 11 heteroatoms. The minimum Gasteiger partial charge on any atom is -0.497 e. The van der Waals surface area contributed by atoms with E-state index < -0.39 is 25.7 Å². The molecule has 1 fully saturated rings. The predicted octanol–water partition coefficient (Wildman–Crippen LogP) is 7.46.